The normalized spacial score (nSPS) is 18.1. The summed E-state index contributed by atoms with van der Waals surface area (Å²) >= 11 is 0. The molecule has 0 amide bonds. The Hall–Kier alpha value is -0.0900. The Balaban J connectivity index is 2.05. The van der Waals surface area contributed by atoms with Gasteiger partial charge in [-0.3, -0.25) is 0 Å². The highest BCUT2D eigenvalue weighted by atomic mass is 32.2. The quantitative estimate of drug-likeness (QED) is 0.668. The molecule has 16 heavy (non-hydrogen) atoms. The zero-order valence-corrected chi connectivity index (χ0v) is 11.2. The summed E-state index contributed by atoms with van der Waals surface area (Å²) in [7, 11) is -2.78. The van der Waals surface area contributed by atoms with Gasteiger partial charge >= 0.3 is 0 Å². The maximum absolute atomic E-state index is 11.6. The molecule has 1 aliphatic carbocycles. The SMILES string of the molecule is CCCCS(=O)(=O)CCCNC1CCCC1. The van der Waals surface area contributed by atoms with E-state index in [0.717, 1.165) is 25.8 Å². The molecule has 1 fully saturated rings. The Labute approximate surface area is 99.9 Å². The van der Waals surface area contributed by atoms with Gasteiger partial charge in [0.05, 0.1) is 11.5 Å². The molecule has 1 saturated carbocycles. The molecule has 4 heteroatoms. The summed E-state index contributed by atoms with van der Waals surface area (Å²) in [6.45, 7) is 2.88. The topological polar surface area (TPSA) is 46.2 Å². The first kappa shape index (κ1) is 14.0. The molecule has 0 bridgehead atoms. The van der Waals surface area contributed by atoms with Gasteiger partial charge in [-0.15, -0.1) is 0 Å². The standard InChI is InChI=1S/C12H25NO2S/c1-2-3-10-16(14,15)11-6-9-13-12-7-4-5-8-12/h12-13H,2-11H2,1H3. The molecule has 1 rings (SSSR count). The molecule has 1 N–H and O–H groups in total. The zero-order chi connectivity index (χ0) is 11.9. The van der Waals surface area contributed by atoms with Crippen LogP contribution in [0.4, 0.5) is 0 Å². The summed E-state index contributed by atoms with van der Waals surface area (Å²) in [5.41, 5.74) is 0. The van der Waals surface area contributed by atoms with E-state index in [1.54, 1.807) is 0 Å². The van der Waals surface area contributed by atoms with Crippen molar-refractivity contribution in [2.75, 3.05) is 18.1 Å². The number of sulfone groups is 1. The Morgan fingerprint density at radius 2 is 1.75 bits per heavy atom. The minimum absolute atomic E-state index is 0.354. The minimum atomic E-state index is -2.78. The fraction of sp³-hybridized carbons (Fsp3) is 1.00. The molecule has 1 aliphatic rings. The van der Waals surface area contributed by atoms with Crippen LogP contribution in [0, 0.1) is 0 Å². The van der Waals surface area contributed by atoms with E-state index in [-0.39, 0.29) is 0 Å². The van der Waals surface area contributed by atoms with Gasteiger partial charge in [0.1, 0.15) is 9.84 Å². The Kier molecular flexibility index (Phi) is 6.36. The van der Waals surface area contributed by atoms with Gasteiger partial charge in [-0.25, -0.2) is 8.42 Å². The Bertz CT molecular complexity index is 269. The van der Waals surface area contributed by atoms with Crippen LogP contribution < -0.4 is 5.32 Å². The van der Waals surface area contributed by atoms with Crippen molar-refractivity contribution in [3.8, 4) is 0 Å². The van der Waals surface area contributed by atoms with Crippen LogP contribution in [0.1, 0.15) is 51.9 Å². The van der Waals surface area contributed by atoms with Crippen LogP contribution in [-0.2, 0) is 9.84 Å². The largest absolute Gasteiger partial charge is 0.314 e. The average Bonchev–Trinajstić information content (AvgIpc) is 2.75. The Morgan fingerprint density at radius 1 is 1.12 bits per heavy atom. The molecule has 0 atom stereocenters. The first-order chi connectivity index (χ1) is 7.64. The average molecular weight is 247 g/mol. The van der Waals surface area contributed by atoms with Crippen molar-refractivity contribution in [3.05, 3.63) is 0 Å². The van der Waals surface area contributed by atoms with E-state index in [1.165, 1.54) is 25.7 Å². The van der Waals surface area contributed by atoms with Crippen LogP contribution in [0.5, 0.6) is 0 Å². The third kappa shape index (κ3) is 5.85. The van der Waals surface area contributed by atoms with E-state index in [0.29, 0.717) is 17.5 Å². The number of unbranched alkanes of at least 4 members (excludes halogenated alkanes) is 1. The second-order valence-electron chi connectivity index (χ2n) is 4.79. The second-order valence-corrected chi connectivity index (χ2v) is 7.10. The van der Waals surface area contributed by atoms with Gasteiger partial charge < -0.3 is 5.32 Å². The summed E-state index contributed by atoms with van der Waals surface area (Å²) in [4.78, 5) is 0. The van der Waals surface area contributed by atoms with E-state index in [2.05, 4.69) is 5.32 Å². The third-order valence-corrected chi connectivity index (χ3v) is 5.05. The van der Waals surface area contributed by atoms with Gasteiger partial charge in [0.15, 0.2) is 0 Å². The van der Waals surface area contributed by atoms with Crippen LogP contribution >= 0.6 is 0 Å². The molecule has 0 saturated heterocycles. The van der Waals surface area contributed by atoms with Gasteiger partial charge in [0.2, 0.25) is 0 Å². The molecular formula is C12H25NO2S. The van der Waals surface area contributed by atoms with Gasteiger partial charge in [0, 0.05) is 6.04 Å². The summed E-state index contributed by atoms with van der Waals surface area (Å²) in [5.74, 6) is 0.722. The molecule has 0 aliphatic heterocycles. The van der Waals surface area contributed by atoms with Crippen LogP contribution in [-0.4, -0.2) is 32.5 Å². The molecule has 0 heterocycles. The Morgan fingerprint density at radius 3 is 2.38 bits per heavy atom. The number of rotatable bonds is 8. The molecule has 96 valence electrons. The highest BCUT2D eigenvalue weighted by Gasteiger charge is 2.14. The van der Waals surface area contributed by atoms with E-state index in [1.807, 2.05) is 6.92 Å². The molecule has 3 nitrogen and oxygen atoms in total. The lowest BCUT2D eigenvalue weighted by Gasteiger charge is -2.11. The van der Waals surface area contributed by atoms with E-state index >= 15 is 0 Å². The highest BCUT2D eigenvalue weighted by molar-refractivity contribution is 7.91. The molecule has 0 radical (unpaired) electrons. The number of nitrogens with one attached hydrogen (secondary N) is 1. The van der Waals surface area contributed by atoms with Crippen molar-refractivity contribution in [3.63, 3.8) is 0 Å². The first-order valence-electron chi connectivity index (χ1n) is 6.58. The van der Waals surface area contributed by atoms with Gasteiger partial charge in [-0.1, -0.05) is 26.2 Å². The lowest BCUT2D eigenvalue weighted by Crippen LogP contribution is -2.28. The van der Waals surface area contributed by atoms with E-state index in [9.17, 15) is 8.42 Å². The van der Waals surface area contributed by atoms with Crippen LogP contribution in [0.25, 0.3) is 0 Å². The monoisotopic (exact) mass is 247 g/mol. The number of hydrogen-bond donors (Lipinski definition) is 1. The van der Waals surface area contributed by atoms with Gasteiger partial charge in [-0.2, -0.15) is 0 Å². The lowest BCUT2D eigenvalue weighted by atomic mass is 10.2. The fourth-order valence-electron chi connectivity index (χ4n) is 2.19. The molecule has 0 aromatic heterocycles. The highest BCUT2D eigenvalue weighted by Crippen LogP contribution is 2.17. The number of hydrogen-bond acceptors (Lipinski definition) is 3. The minimum Gasteiger partial charge on any atom is -0.314 e. The lowest BCUT2D eigenvalue weighted by molar-refractivity contribution is 0.520. The summed E-state index contributed by atoms with van der Waals surface area (Å²) in [5, 5.41) is 3.45. The van der Waals surface area contributed by atoms with Gasteiger partial charge in [-0.05, 0) is 32.2 Å². The van der Waals surface area contributed by atoms with E-state index < -0.39 is 9.84 Å². The first-order valence-corrected chi connectivity index (χ1v) is 8.40. The maximum atomic E-state index is 11.6. The molecule has 0 spiro atoms. The molecule has 0 aromatic rings. The maximum Gasteiger partial charge on any atom is 0.150 e. The molecule has 0 unspecified atom stereocenters. The van der Waals surface area contributed by atoms with E-state index in [4.69, 9.17) is 0 Å². The smallest absolute Gasteiger partial charge is 0.150 e. The summed E-state index contributed by atoms with van der Waals surface area (Å²) < 4.78 is 23.1. The van der Waals surface area contributed by atoms with Crippen molar-refractivity contribution in [1.82, 2.24) is 5.32 Å². The molecular weight excluding hydrogens is 222 g/mol. The summed E-state index contributed by atoms with van der Waals surface area (Å²) in [6.07, 6.45) is 7.71. The van der Waals surface area contributed by atoms with Crippen molar-refractivity contribution < 1.29 is 8.42 Å². The molecule has 0 aromatic carbocycles. The van der Waals surface area contributed by atoms with Crippen LogP contribution in [0.2, 0.25) is 0 Å². The van der Waals surface area contributed by atoms with Crippen molar-refractivity contribution in [1.29, 1.82) is 0 Å². The zero-order valence-electron chi connectivity index (χ0n) is 10.4. The third-order valence-electron chi connectivity index (χ3n) is 3.23. The van der Waals surface area contributed by atoms with Crippen molar-refractivity contribution in [2.45, 2.75) is 57.9 Å². The van der Waals surface area contributed by atoms with Crippen LogP contribution in [0.15, 0.2) is 0 Å². The van der Waals surface area contributed by atoms with Crippen molar-refractivity contribution in [2.24, 2.45) is 0 Å². The predicted octanol–water partition coefficient (Wildman–Crippen LogP) is 2.12. The predicted molar refractivity (Wildman–Crippen MR) is 68.4 cm³/mol. The van der Waals surface area contributed by atoms with Crippen molar-refractivity contribution >= 4 is 9.84 Å². The van der Waals surface area contributed by atoms with Crippen LogP contribution in [0.3, 0.4) is 0 Å². The van der Waals surface area contributed by atoms with Gasteiger partial charge in [0.25, 0.3) is 0 Å². The fourth-order valence-corrected chi connectivity index (χ4v) is 3.71. The second kappa shape index (κ2) is 7.28. The summed E-state index contributed by atoms with van der Waals surface area (Å²) in [6, 6.07) is 0.651.